The first-order valence-corrected chi connectivity index (χ1v) is 4.06. The molecule has 1 rings (SSSR count). The quantitative estimate of drug-likeness (QED) is 0.711. The van der Waals surface area contributed by atoms with Crippen molar-refractivity contribution in [2.24, 2.45) is 0 Å². The second-order valence-electron chi connectivity index (χ2n) is 3.00. The number of nitrogens with zero attached hydrogens (tertiary/aromatic N) is 1. The van der Waals surface area contributed by atoms with Gasteiger partial charge in [0.15, 0.2) is 0 Å². The summed E-state index contributed by atoms with van der Waals surface area (Å²) in [4.78, 5) is 4.04. The van der Waals surface area contributed by atoms with Crippen LogP contribution in [-0.4, -0.2) is 16.1 Å². The molecule has 0 aliphatic carbocycles. The van der Waals surface area contributed by atoms with Crippen molar-refractivity contribution >= 4 is 0 Å². The van der Waals surface area contributed by atoms with E-state index in [1.54, 1.807) is 18.3 Å². The van der Waals surface area contributed by atoms with E-state index in [1.807, 2.05) is 0 Å². The van der Waals surface area contributed by atoms with Gasteiger partial charge in [-0.05, 0) is 12.1 Å². The highest BCUT2D eigenvalue weighted by atomic mass is 16.3. The highest BCUT2D eigenvalue weighted by Crippen LogP contribution is 2.11. The van der Waals surface area contributed by atoms with Crippen LogP contribution in [0.25, 0.3) is 0 Å². The van der Waals surface area contributed by atoms with E-state index in [0.717, 1.165) is 0 Å². The molecule has 1 heterocycles. The van der Waals surface area contributed by atoms with Crippen LogP contribution in [-0.2, 0) is 6.54 Å². The van der Waals surface area contributed by atoms with Crippen LogP contribution in [0.15, 0.2) is 18.3 Å². The summed E-state index contributed by atoms with van der Waals surface area (Å²) in [7, 11) is 0. The van der Waals surface area contributed by atoms with E-state index in [9.17, 15) is 5.11 Å². The third-order valence-corrected chi connectivity index (χ3v) is 1.54. The van der Waals surface area contributed by atoms with Crippen molar-refractivity contribution in [3.05, 3.63) is 24.0 Å². The Hall–Kier alpha value is -1.09. The van der Waals surface area contributed by atoms with Crippen molar-refractivity contribution in [2.75, 3.05) is 0 Å². The topological polar surface area (TPSA) is 45.2 Å². The zero-order valence-electron chi connectivity index (χ0n) is 7.41. The van der Waals surface area contributed by atoms with E-state index < -0.39 is 0 Å². The van der Waals surface area contributed by atoms with Crippen LogP contribution in [0.5, 0.6) is 5.75 Å². The van der Waals surface area contributed by atoms with Crippen LogP contribution < -0.4 is 5.32 Å². The minimum atomic E-state index is 0.255. The maximum atomic E-state index is 9.32. The van der Waals surface area contributed by atoms with E-state index >= 15 is 0 Å². The van der Waals surface area contributed by atoms with Crippen molar-refractivity contribution in [3.8, 4) is 5.75 Å². The van der Waals surface area contributed by atoms with Crippen LogP contribution in [0.2, 0.25) is 0 Å². The summed E-state index contributed by atoms with van der Waals surface area (Å²) in [5, 5.41) is 12.5. The lowest BCUT2D eigenvalue weighted by Crippen LogP contribution is -2.22. The second-order valence-corrected chi connectivity index (χ2v) is 3.00. The lowest BCUT2D eigenvalue weighted by molar-refractivity contribution is 0.456. The Morgan fingerprint density at radius 2 is 2.33 bits per heavy atom. The molecule has 0 fully saturated rings. The molecule has 3 heteroatoms. The molecule has 0 saturated heterocycles. The van der Waals surface area contributed by atoms with Gasteiger partial charge in [0.25, 0.3) is 0 Å². The van der Waals surface area contributed by atoms with Gasteiger partial charge in [-0.3, -0.25) is 4.98 Å². The lowest BCUT2D eigenvalue weighted by Gasteiger charge is -2.07. The van der Waals surface area contributed by atoms with Gasteiger partial charge in [-0.1, -0.05) is 13.8 Å². The zero-order valence-corrected chi connectivity index (χ0v) is 7.41. The minimum Gasteiger partial charge on any atom is -0.506 e. The maximum Gasteiger partial charge on any atom is 0.138 e. The van der Waals surface area contributed by atoms with Gasteiger partial charge in [-0.2, -0.15) is 0 Å². The van der Waals surface area contributed by atoms with Crippen molar-refractivity contribution < 1.29 is 5.11 Å². The first-order valence-electron chi connectivity index (χ1n) is 4.06. The standard InChI is InChI=1S/C9H14N2O/c1-7(2)11-6-8-9(12)4-3-5-10-8/h3-5,7,11-12H,6H2,1-2H3. The number of pyridine rings is 1. The van der Waals surface area contributed by atoms with Crippen molar-refractivity contribution in [1.82, 2.24) is 10.3 Å². The van der Waals surface area contributed by atoms with E-state index in [0.29, 0.717) is 18.3 Å². The van der Waals surface area contributed by atoms with Gasteiger partial charge in [-0.25, -0.2) is 0 Å². The second kappa shape index (κ2) is 4.07. The Morgan fingerprint density at radius 3 is 2.92 bits per heavy atom. The summed E-state index contributed by atoms with van der Waals surface area (Å²) >= 11 is 0. The lowest BCUT2D eigenvalue weighted by atomic mass is 10.3. The van der Waals surface area contributed by atoms with E-state index in [-0.39, 0.29) is 5.75 Å². The average Bonchev–Trinajstić information content (AvgIpc) is 2.03. The molecule has 2 N–H and O–H groups in total. The minimum absolute atomic E-state index is 0.255. The van der Waals surface area contributed by atoms with Crippen LogP contribution in [0.1, 0.15) is 19.5 Å². The largest absolute Gasteiger partial charge is 0.506 e. The number of rotatable bonds is 3. The Morgan fingerprint density at radius 1 is 1.58 bits per heavy atom. The van der Waals surface area contributed by atoms with E-state index in [4.69, 9.17) is 0 Å². The van der Waals surface area contributed by atoms with E-state index in [1.165, 1.54) is 0 Å². The Balaban J connectivity index is 2.57. The average molecular weight is 166 g/mol. The van der Waals surface area contributed by atoms with Gasteiger partial charge >= 0.3 is 0 Å². The van der Waals surface area contributed by atoms with Gasteiger partial charge in [-0.15, -0.1) is 0 Å². The molecule has 0 atom stereocenters. The summed E-state index contributed by atoms with van der Waals surface area (Å²) in [6.45, 7) is 4.73. The molecular formula is C9H14N2O. The molecule has 0 saturated carbocycles. The molecule has 0 unspecified atom stereocenters. The van der Waals surface area contributed by atoms with Gasteiger partial charge < -0.3 is 10.4 Å². The highest BCUT2D eigenvalue weighted by molar-refractivity contribution is 5.24. The molecule has 0 aliphatic heterocycles. The number of aromatic hydroxyl groups is 1. The number of nitrogens with one attached hydrogen (secondary N) is 1. The summed E-state index contributed by atoms with van der Waals surface area (Å²) in [5.74, 6) is 0.255. The Labute approximate surface area is 72.5 Å². The molecule has 0 spiro atoms. The predicted molar refractivity (Wildman–Crippen MR) is 47.9 cm³/mol. The molecule has 1 aromatic heterocycles. The highest BCUT2D eigenvalue weighted by Gasteiger charge is 2.00. The Kier molecular flexibility index (Phi) is 3.05. The number of aromatic nitrogens is 1. The molecule has 3 nitrogen and oxygen atoms in total. The summed E-state index contributed by atoms with van der Waals surface area (Å²) in [5.41, 5.74) is 0.700. The summed E-state index contributed by atoms with van der Waals surface area (Å²) in [6, 6.07) is 3.77. The fourth-order valence-electron chi connectivity index (χ4n) is 0.867. The maximum absolute atomic E-state index is 9.32. The summed E-state index contributed by atoms with van der Waals surface area (Å²) < 4.78 is 0. The van der Waals surface area contributed by atoms with Crippen molar-refractivity contribution in [1.29, 1.82) is 0 Å². The van der Waals surface area contributed by atoms with E-state index in [2.05, 4.69) is 24.1 Å². The molecule has 0 radical (unpaired) electrons. The molecule has 0 aromatic carbocycles. The molecule has 0 amide bonds. The normalized spacial score (nSPS) is 10.6. The van der Waals surface area contributed by atoms with Gasteiger partial charge in [0.2, 0.25) is 0 Å². The van der Waals surface area contributed by atoms with Gasteiger partial charge in [0.05, 0.1) is 5.69 Å². The molecule has 0 aliphatic rings. The number of hydrogen-bond acceptors (Lipinski definition) is 3. The fourth-order valence-corrected chi connectivity index (χ4v) is 0.867. The molecule has 1 aromatic rings. The van der Waals surface area contributed by atoms with Crippen LogP contribution >= 0.6 is 0 Å². The zero-order chi connectivity index (χ0) is 8.97. The smallest absolute Gasteiger partial charge is 0.138 e. The Bertz CT molecular complexity index is 248. The molecule has 12 heavy (non-hydrogen) atoms. The molecule has 0 bridgehead atoms. The first-order chi connectivity index (χ1) is 5.70. The van der Waals surface area contributed by atoms with Crippen LogP contribution in [0, 0.1) is 0 Å². The van der Waals surface area contributed by atoms with Crippen molar-refractivity contribution in [2.45, 2.75) is 26.4 Å². The fraction of sp³-hybridized carbons (Fsp3) is 0.444. The van der Waals surface area contributed by atoms with Gasteiger partial charge in [0, 0.05) is 18.8 Å². The third-order valence-electron chi connectivity index (χ3n) is 1.54. The molecule has 66 valence electrons. The van der Waals surface area contributed by atoms with Gasteiger partial charge in [0.1, 0.15) is 5.75 Å². The molecular weight excluding hydrogens is 152 g/mol. The van der Waals surface area contributed by atoms with Crippen LogP contribution in [0.4, 0.5) is 0 Å². The van der Waals surface area contributed by atoms with Crippen LogP contribution in [0.3, 0.4) is 0 Å². The monoisotopic (exact) mass is 166 g/mol. The number of hydrogen-bond donors (Lipinski definition) is 2. The summed E-state index contributed by atoms with van der Waals surface area (Å²) in [6.07, 6.45) is 1.68. The third kappa shape index (κ3) is 2.51. The SMILES string of the molecule is CC(C)NCc1ncccc1O. The van der Waals surface area contributed by atoms with Crippen molar-refractivity contribution in [3.63, 3.8) is 0 Å². The predicted octanol–water partition coefficient (Wildman–Crippen LogP) is 1.29. The first kappa shape index (κ1) is 9.00.